The molecule has 1 aliphatic rings. The maximum Gasteiger partial charge on any atom is 0.179 e. The van der Waals surface area contributed by atoms with E-state index in [0.29, 0.717) is 0 Å². The molecule has 1 fully saturated rings. The van der Waals surface area contributed by atoms with Crippen molar-refractivity contribution in [3.05, 3.63) is 35.4 Å². The van der Waals surface area contributed by atoms with E-state index in [1.54, 1.807) is 0 Å². The van der Waals surface area contributed by atoms with Crippen LogP contribution in [0.4, 0.5) is 8.78 Å². The van der Waals surface area contributed by atoms with Gasteiger partial charge in [0.25, 0.3) is 0 Å². The third kappa shape index (κ3) is 2.52. The Bertz CT molecular complexity index is 427. The molecule has 2 nitrogen and oxygen atoms in total. The van der Waals surface area contributed by atoms with Gasteiger partial charge in [0, 0.05) is 5.56 Å². The SMILES string of the molecule is CC(C(=O)c1ccc(F)c(F)c1)N1CCCC1. The number of likely N-dealkylation sites (tertiary alicyclic amines) is 1. The molecule has 0 amide bonds. The van der Waals surface area contributed by atoms with Gasteiger partial charge in [-0.1, -0.05) is 0 Å². The number of nitrogens with zero attached hydrogens (tertiary/aromatic N) is 1. The number of ketones is 1. The van der Waals surface area contributed by atoms with Crippen molar-refractivity contribution in [2.24, 2.45) is 0 Å². The normalized spacial score (nSPS) is 18.3. The van der Waals surface area contributed by atoms with Gasteiger partial charge in [-0.25, -0.2) is 8.78 Å². The van der Waals surface area contributed by atoms with Gasteiger partial charge in [-0.3, -0.25) is 9.69 Å². The largest absolute Gasteiger partial charge is 0.294 e. The summed E-state index contributed by atoms with van der Waals surface area (Å²) in [6, 6.07) is 3.05. The molecule has 1 aromatic carbocycles. The van der Waals surface area contributed by atoms with Gasteiger partial charge in [0.15, 0.2) is 17.4 Å². The molecule has 2 rings (SSSR count). The standard InChI is InChI=1S/C13H15F2NO/c1-9(16-6-2-3-7-16)13(17)10-4-5-11(14)12(15)8-10/h4-5,8-9H,2-3,6-7H2,1H3. The van der Waals surface area contributed by atoms with Crippen molar-refractivity contribution in [1.82, 2.24) is 4.90 Å². The molecule has 0 saturated carbocycles. The lowest BCUT2D eigenvalue weighted by atomic mass is 10.0. The third-order valence-corrected chi connectivity index (χ3v) is 3.27. The minimum atomic E-state index is -0.968. The summed E-state index contributed by atoms with van der Waals surface area (Å²) in [5, 5.41) is 0. The van der Waals surface area contributed by atoms with Gasteiger partial charge in [-0.2, -0.15) is 0 Å². The summed E-state index contributed by atoms with van der Waals surface area (Å²) in [4.78, 5) is 14.1. The second-order valence-corrected chi connectivity index (χ2v) is 4.41. The van der Waals surface area contributed by atoms with E-state index in [1.165, 1.54) is 6.07 Å². The zero-order chi connectivity index (χ0) is 12.4. The molecular weight excluding hydrogens is 224 g/mol. The van der Waals surface area contributed by atoms with Gasteiger partial charge in [-0.15, -0.1) is 0 Å². The number of hydrogen-bond acceptors (Lipinski definition) is 2. The molecule has 0 aromatic heterocycles. The Morgan fingerprint density at radius 3 is 2.47 bits per heavy atom. The Morgan fingerprint density at radius 1 is 1.24 bits per heavy atom. The average molecular weight is 239 g/mol. The summed E-state index contributed by atoms with van der Waals surface area (Å²) in [5.74, 6) is -2.04. The fraction of sp³-hybridized carbons (Fsp3) is 0.462. The monoisotopic (exact) mass is 239 g/mol. The Hall–Kier alpha value is -1.29. The molecule has 4 heteroatoms. The van der Waals surface area contributed by atoms with Gasteiger partial charge < -0.3 is 0 Å². The molecule has 17 heavy (non-hydrogen) atoms. The average Bonchev–Trinajstić information content (AvgIpc) is 2.84. The molecule has 1 aromatic rings. The van der Waals surface area contributed by atoms with Crippen LogP contribution in [0.3, 0.4) is 0 Å². The van der Waals surface area contributed by atoms with Gasteiger partial charge in [0.1, 0.15) is 0 Å². The fourth-order valence-corrected chi connectivity index (χ4v) is 2.19. The van der Waals surface area contributed by atoms with E-state index < -0.39 is 11.6 Å². The Kier molecular flexibility index (Phi) is 3.52. The van der Waals surface area contributed by atoms with E-state index in [9.17, 15) is 13.6 Å². The molecule has 0 spiro atoms. The Labute approximate surface area is 99.2 Å². The number of Topliss-reactive ketones (excluding diaryl/α,β-unsaturated/α-hetero) is 1. The zero-order valence-electron chi connectivity index (χ0n) is 9.75. The first-order valence-electron chi connectivity index (χ1n) is 5.83. The number of halogens is 2. The number of carbonyl (C=O) groups excluding carboxylic acids is 1. The van der Waals surface area contributed by atoms with Crippen molar-refractivity contribution in [1.29, 1.82) is 0 Å². The minimum absolute atomic E-state index is 0.147. The highest BCUT2D eigenvalue weighted by Crippen LogP contribution is 2.17. The van der Waals surface area contributed by atoms with E-state index in [2.05, 4.69) is 4.90 Å². The molecule has 1 atom stereocenters. The Balaban J connectivity index is 2.15. The molecule has 0 radical (unpaired) electrons. The molecule has 1 heterocycles. The van der Waals surface area contributed by atoms with Crippen LogP contribution in [0.15, 0.2) is 18.2 Å². The van der Waals surface area contributed by atoms with Crippen molar-refractivity contribution in [2.45, 2.75) is 25.8 Å². The molecule has 0 N–H and O–H groups in total. The predicted molar refractivity (Wildman–Crippen MR) is 61.0 cm³/mol. The number of hydrogen-bond donors (Lipinski definition) is 0. The molecule has 0 aliphatic carbocycles. The number of carbonyl (C=O) groups is 1. The van der Waals surface area contributed by atoms with E-state index in [-0.39, 0.29) is 17.4 Å². The van der Waals surface area contributed by atoms with Crippen LogP contribution in [0.25, 0.3) is 0 Å². The van der Waals surface area contributed by atoms with Crippen molar-refractivity contribution in [3.8, 4) is 0 Å². The summed E-state index contributed by atoms with van der Waals surface area (Å²) in [6.07, 6.45) is 2.19. The first-order valence-corrected chi connectivity index (χ1v) is 5.83. The predicted octanol–water partition coefficient (Wildman–Crippen LogP) is 2.63. The van der Waals surface area contributed by atoms with Crippen molar-refractivity contribution in [3.63, 3.8) is 0 Å². The highest BCUT2D eigenvalue weighted by atomic mass is 19.2. The molecule has 0 bridgehead atoms. The van der Waals surface area contributed by atoms with Crippen LogP contribution < -0.4 is 0 Å². The van der Waals surface area contributed by atoms with E-state index >= 15 is 0 Å². The van der Waals surface area contributed by atoms with Crippen LogP contribution in [-0.4, -0.2) is 29.8 Å². The summed E-state index contributed by atoms with van der Waals surface area (Å²) < 4.78 is 25.8. The van der Waals surface area contributed by atoms with Crippen LogP contribution in [0, 0.1) is 11.6 Å². The number of rotatable bonds is 3. The van der Waals surface area contributed by atoms with Crippen LogP contribution >= 0.6 is 0 Å². The third-order valence-electron chi connectivity index (χ3n) is 3.27. The minimum Gasteiger partial charge on any atom is -0.294 e. The summed E-state index contributed by atoms with van der Waals surface area (Å²) in [6.45, 7) is 3.61. The van der Waals surface area contributed by atoms with Crippen molar-refractivity contribution in [2.75, 3.05) is 13.1 Å². The van der Waals surface area contributed by atoms with E-state index in [4.69, 9.17) is 0 Å². The lowest BCUT2D eigenvalue weighted by Crippen LogP contribution is -2.36. The lowest BCUT2D eigenvalue weighted by molar-refractivity contribution is 0.0866. The fourth-order valence-electron chi connectivity index (χ4n) is 2.19. The summed E-state index contributed by atoms with van der Waals surface area (Å²) >= 11 is 0. The zero-order valence-corrected chi connectivity index (χ0v) is 9.75. The van der Waals surface area contributed by atoms with Gasteiger partial charge in [-0.05, 0) is 51.1 Å². The summed E-state index contributed by atoms with van der Waals surface area (Å²) in [5.41, 5.74) is 0.239. The molecule has 1 unspecified atom stereocenters. The quantitative estimate of drug-likeness (QED) is 0.756. The van der Waals surface area contributed by atoms with Crippen LogP contribution in [0.5, 0.6) is 0 Å². The smallest absolute Gasteiger partial charge is 0.179 e. The van der Waals surface area contributed by atoms with E-state index in [1.807, 2.05) is 6.92 Å². The van der Waals surface area contributed by atoms with Gasteiger partial charge >= 0.3 is 0 Å². The van der Waals surface area contributed by atoms with Gasteiger partial charge in [0.2, 0.25) is 0 Å². The molecule has 92 valence electrons. The second kappa shape index (κ2) is 4.92. The highest BCUT2D eigenvalue weighted by molar-refractivity contribution is 5.99. The summed E-state index contributed by atoms with van der Waals surface area (Å²) in [7, 11) is 0. The first kappa shape index (κ1) is 12.2. The lowest BCUT2D eigenvalue weighted by Gasteiger charge is -2.22. The topological polar surface area (TPSA) is 20.3 Å². The van der Waals surface area contributed by atoms with E-state index in [0.717, 1.165) is 38.1 Å². The van der Waals surface area contributed by atoms with Crippen LogP contribution in [-0.2, 0) is 0 Å². The highest BCUT2D eigenvalue weighted by Gasteiger charge is 2.25. The van der Waals surface area contributed by atoms with Crippen LogP contribution in [0.1, 0.15) is 30.1 Å². The van der Waals surface area contributed by atoms with Gasteiger partial charge in [0.05, 0.1) is 6.04 Å². The first-order chi connectivity index (χ1) is 8.09. The number of benzene rings is 1. The molecule has 1 aliphatic heterocycles. The maximum atomic E-state index is 13.0. The second-order valence-electron chi connectivity index (χ2n) is 4.41. The maximum absolute atomic E-state index is 13.0. The van der Waals surface area contributed by atoms with Crippen LogP contribution in [0.2, 0.25) is 0 Å². The van der Waals surface area contributed by atoms with Crippen molar-refractivity contribution >= 4 is 5.78 Å². The Morgan fingerprint density at radius 2 is 1.88 bits per heavy atom. The molecular formula is C13H15F2NO. The van der Waals surface area contributed by atoms with Crippen molar-refractivity contribution < 1.29 is 13.6 Å². The molecule has 1 saturated heterocycles.